The second-order valence-corrected chi connectivity index (χ2v) is 5.54. The Bertz CT molecular complexity index is 288. The molecule has 0 spiro atoms. The molecule has 5 heteroatoms. The Hall–Kier alpha value is -0.680. The number of amides is 1. The number of carbonyl (C=O) groups is 1. The molecule has 3 N–H and O–H groups in total. The number of hydrogen-bond donors (Lipinski definition) is 2. The molecule has 0 atom stereocenters. The van der Waals surface area contributed by atoms with E-state index >= 15 is 0 Å². The molecular formula is C14H29N3OS. The number of rotatable bonds is 10. The molecule has 0 aliphatic heterocycles. The van der Waals surface area contributed by atoms with Crippen LogP contribution >= 0.6 is 12.2 Å². The van der Waals surface area contributed by atoms with Crippen molar-refractivity contribution in [1.82, 2.24) is 10.2 Å². The van der Waals surface area contributed by atoms with Crippen LogP contribution in [-0.4, -0.2) is 42.5 Å². The zero-order valence-corrected chi connectivity index (χ0v) is 13.6. The van der Waals surface area contributed by atoms with Crippen molar-refractivity contribution in [2.45, 2.75) is 46.5 Å². The van der Waals surface area contributed by atoms with Crippen molar-refractivity contribution in [3.8, 4) is 0 Å². The first kappa shape index (κ1) is 18.3. The molecule has 0 aromatic carbocycles. The topological polar surface area (TPSA) is 58.4 Å². The lowest BCUT2D eigenvalue weighted by atomic mass is 9.78. The molecule has 112 valence electrons. The second kappa shape index (κ2) is 9.26. The van der Waals surface area contributed by atoms with Crippen molar-refractivity contribution in [2.75, 3.05) is 26.7 Å². The average Bonchev–Trinajstić information content (AvgIpc) is 2.37. The Morgan fingerprint density at radius 3 is 2.16 bits per heavy atom. The van der Waals surface area contributed by atoms with Gasteiger partial charge in [0.2, 0.25) is 5.91 Å². The van der Waals surface area contributed by atoms with Crippen molar-refractivity contribution in [1.29, 1.82) is 0 Å². The molecule has 0 aromatic rings. The van der Waals surface area contributed by atoms with Crippen LogP contribution in [0.3, 0.4) is 0 Å². The number of likely N-dealkylation sites (N-methyl/N-ethyl adjacent to an activating group) is 1. The van der Waals surface area contributed by atoms with Crippen LogP contribution in [0.1, 0.15) is 46.5 Å². The summed E-state index contributed by atoms with van der Waals surface area (Å²) in [7, 11) is 2.03. The lowest BCUT2D eigenvalue weighted by Crippen LogP contribution is -2.50. The van der Waals surface area contributed by atoms with Gasteiger partial charge in [0, 0.05) is 13.1 Å². The van der Waals surface area contributed by atoms with Gasteiger partial charge in [-0.1, -0.05) is 45.8 Å². The van der Waals surface area contributed by atoms with Crippen LogP contribution in [0, 0.1) is 5.41 Å². The van der Waals surface area contributed by atoms with Crippen LogP contribution in [0.15, 0.2) is 0 Å². The summed E-state index contributed by atoms with van der Waals surface area (Å²) in [5.41, 5.74) is 5.20. The Morgan fingerprint density at radius 2 is 1.79 bits per heavy atom. The predicted octanol–water partition coefficient (Wildman–Crippen LogP) is 1.93. The number of nitrogens with zero attached hydrogens (tertiary/aromatic N) is 1. The van der Waals surface area contributed by atoms with E-state index in [0.717, 1.165) is 38.8 Å². The smallest absolute Gasteiger partial charge is 0.233 e. The van der Waals surface area contributed by atoms with Crippen LogP contribution in [-0.2, 0) is 4.79 Å². The third-order valence-corrected chi connectivity index (χ3v) is 3.97. The standard InChI is InChI=1S/C14H29N3OS/c1-5-8-14(9-6-2,12(15)19)13(18)16-10-11-17(4)7-3/h5-11H2,1-4H3,(H2,15,19)(H,16,18). The molecular weight excluding hydrogens is 258 g/mol. The van der Waals surface area contributed by atoms with Gasteiger partial charge in [0.05, 0.1) is 10.4 Å². The zero-order chi connectivity index (χ0) is 14.9. The van der Waals surface area contributed by atoms with Crippen molar-refractivity contribution in [3.63, 3.8) is 0 Å². The average molecular weight is 287 g/mol. The summed E-state index contributed by atoms with van der Waals surface area (Å²) in [6.45, 7) is 8.66. The van der Waals surface area contributed by atoms with Gasteiger partial charge in [0.1, 0.15) is 0 Å². The molecule has 0 unspecified atom stereocenters. The normalized spacial score (nSPS) is 11.6. The van der Waals surface area contributed by atoms with Gasteiger partial charge in [-0.2, -0.15) is 0 Å². The number of nitrogens with one attached hydrogen (secondary N) is 1. The fourth-order valence-electron chi connectivity index (χ4n) is 2.25. The van der Waals surface area contributed by atoms with Crippen molar-refractivity contribution >= 4 is 23.1 Å². The quantitative estimate of drug-likeness (QED) is 0.603. The van der Waals surface area contributed by atoms with Crippen LogP contribution < -0.4 is 11.1 Å². The van der Waals surface area contributed by atoms with Gasteiger partial charge in [-0.25, -0.2) is 0 Å². The lowest BCUT2D eigenvalue weighted by molar-refractivity contribution is -0.128. The summed E-state index contributed by atoms with van der Waals surface area (Å²) in [6, 6.07) is 0. The molecule has 0 fully saturated rings. The maximum absolute atomic E-state index is 12.5. The van der Waals surface area contributed by atoms with Gasteiger partial charge in [0.15, 0.2) is 0 Å². The maximum Gasteiger partial charge on any atom is 0.233 e. The molecule has 0 bridgehead atoms. The van der Waals surface area contributed by atoms with E-state index in [2.05, 4.69) is 31.0 Å². The third kappa shape index (κ3) is 5.45. The van der Waals surface area contributed by atoms with Crippen LogP contribution in [0.5, 0.6) is 0 Å². The molecule has 0 radical (unpaired) electrons. The molecule has 0 aliphatic carbocycles. The molecule has 19 heavy (non-hydrogen) atoms. The van der Waals surface area contributed by atoms with Gasteiger partial charge >= 0.3 is 0 Å². The number of carbonyl (C=O) groups excluding carboxylic acids is 1. The molecule has 0 saturated heterocycles. The summed E-state index contributed by atoms with van der Waals surface area (Å²) < 4.78 is 0. The highest BCUT2D eigenvalue weighted by Gasteiger charge is 2.39. The molecule has 0 saturated carbocycles. The summed E-state index contributed by atoms with van der Waals surface area (Å²) in [4.78, 5) is 14.9. The van der Waals surface area contributed by atoms with Crippen LogP contribution in [0.2, 0.25) is 0 Å². The van der Waals surface area contributed by atoms with E-state index in [4.69, 9.17) is 18.0 Å². The SMILES string of the molecule is CCCC(CCC)(C(=O)NCCN(C)CC)C(N)=S. The molecule has 0 heterocycles. The third-order valence-electron chi connectivity index (χ3n) is 3.58. The highest BCUT2D eigenvalue weighted by atomic mass is 32.1. The van der Waals surface area contributed by atoms with Gasteiger partial charge in [0.25, 0.3) is 0 Å². The van der Waals surface area contributed by atoms with E-state index in [1.54, 1.807) is 0 Å². The monoisotopic (exact) mass is 287 g/mol. The number of hydrogen-bond acceptors (Lipinski definition) is 3. The fourth-order valence-corrected chi connectivity index (χ4v) is 2.55. The van der Waals surface area contributed by atoms with Gasteiger partial charge in [-0.05, 0) is 26.4 Å². The van der Waals surface area contributed by atoms with Gasteiger partial charge in [-0.15, -0.1) is 0 Å². The van der Waals surface area contributed by atoms with E-state index in [9.17, 15) is 4.79 Å². The van der Waals surface area contributed by atoms with Gasteiger partial charge in [-0.3, -0.25) is 4.79 Å². The van der Waals surface area contributed by atoms with Crippen LogP contribution in [0.4, 0.5) is 0 Å². The first-order chi connectivity index (χ1) is 8.94. The Kier molecular flexibility index (Phi) is 8.93. The Morgan fingerprint density at radius 1 is 1.26 bits per heavy atom. The fraction of sp³-hybridized carbons (Fsp3) is 0.857. The summed E-state index contributed by atoms with van der Waals surface area (Å²) >= 11 is 5.17. The summed E-state index contributed by atoms with van der Waals surface area (Å²) in [5.74, 6) is -0.00629. The predicted molar refractivity (Wildman–Crippen MR) is 85.2 cm³/mol. The van der Waals surface area contributed by atoms with Crippen molar-refractivity contribution in [2.24, 2.45) is 11.1 Å². The first-order valence-corrected chi connectivity index (χ1v) is 7.62. The first-order valence-electron chi connectivity index (χ1n) is 7.21. The molecule has 0 aromatic heterocycles. The highest BCUT2D eigenvalue weighted by molar-refractivity contribution is 7.80. The minimum Gasteiger partial charge on any atom is -0.392 e. The van der Waals surface area contributed by atoms with E-state index in [-0.39, 0.29) is 5.91 Å². The van der Waals surface area contributed by atoms with Crippen LogP contribution in [0.25, 0.3) is 0 Å². The minimum absolute atomic E-state index is 0.00629. The summed E-state index contributed by atoms with van der Waals surface area (Å²) in [5, 5.41) is 2.99. The molecule has 4 nitrogen and oxygen atoms in total. The largest absolute Gasteiger partial charge is 0.392 e. The van der Waals surface area contributed by atoms with E-state index in [0.29, 0.717) is 11.5 Å². The number of nitrogens with two attached hydrogens (primary N) is 1. The molecule has 0 aliphatic rings. The second-order valence-electron chi connectivity index (χ2n) is 5.10. The van der Waals surface area contributed by atoms with Crippen molar-refractivity contribution < 1.29 is 4.79 Å². The minimum atomic E-state index is -0.663. The summed E-state index contributed by atoms with van der Waals surface area (Å²) in [6.07, 6.45) is 3.26. The van der Waals surface area contributed by atoms with Crippen molar-refractivity contribution in [3.05, 3.63) is 0 Å². The number of thiocarbonyl (C=S) groups is 1. The Labute approximate surface area is 123 Å². The van der Waals surface area contributed by atoms with Gasteiger partial charge < -0.3 is 16.0 Å². The maximum atomic E-state index is 12.5. The Balaban J connectivity index is 4.66. The zero-order valence-electron chi connectivity index (χ0n) is 12.8. The van der Waals surface area contributed by atoms with E-state index in [1.807, 2.05) is 7.05 Å². The lowest BCUT2D eigenvalue weighted by Gasteiger charge is -2.31. The van der Waals surface area contributed by atoms with E-state index in [1.165, 1.54) is 0 Å². The van der Waals surface area contributed by atoms with E-state index < -0.39 is 5.41 Å². The highest BCUT2D eigenvalue weighted by Crippen LogP contribution is 2.30. The molecule has 1 amide bonds. The molecule has 0 rings (SSSR count).